The van der Waals surface area contributed by atoms with E-state index in [2.05, 4.69) is 25.7 Å². The number of ketones is 1. The number of rotatable bonds is 11. The van der Waals surface area contributed by atoms with Crippen LogP contribution in [-0.4, -0.2) is 38.1 Å². The minimum Gasteiger partial charge on any atom is -0.340 e. The fourth-order valence-corrected chi connectivity index (χ4v) is 4.46. The number of anilines is 2. The van der Waals surface area contributed by atoms with Crippen molar-refractivity contribution in [1.29, 1.82) is 0 Å². The van der Waals surface area contributed by atoms with Gasteiger partial charge in [0.1, 0.15) is 12.1 Å². The number of nitrogens with zero attached hydrogens (tertiary/aromatic N) is 4. The molecule has 0 aliphatic rings. The second-order valence-corrected chi connectivity index (χ2v) is 10.5. The summed E-state index contributed by atoms with van der Waals surface area (Å²) in [5, 5.41) is 11.2. The molecule has 0 unspecified atom stereocenters. The van der Waals surface area contributed by atoms with Crippen LogP contribution in [0.3, 0.4) is 0 Å². The van der Waals surface area contributed by atoms with Crippen LogP contribution in [0.15, 0.2) is 54.9 Å². The zero-order chi connectivity index (χ0) is 29.7. The molecule has 2 aromatic carbocycles. The molecule has 2 aromatic heterocycles. The van der Waals surface area contributed by atoms with Gasteiger partial charge in [-0.15, -0.1) is 0 Å². The number of carbonyl (C=O) groups excluding carboxylic acids is 1. The summed E-state index contributed by atoms with van der Waals surface area (Å²) < 4.78 is 42.6. The second-order valence-electron chi connectivity index (χ2n) is 10.5. The highest BCUT2D eigenvalue weighted by molar-refractivity contribution is 5.98. The summed E-state index contributed by atoms with van der Waals surface area (Å²) in [5.41, 5.74) is 3.77. The van der Waals surface area contributed by atoms with Crippen LogP contribution in [0, 0.1) is 13.8 Å². The summed E-state index contributed by atoms with van der Waals surface area (Å²) in [6, 6.07) is 13.2. The number of alkyl halides is 3. The molecule has 0 aliphatic carbocycles. The average molecular weight is 565 g/mol. The molecule has 0 spiro atoms. The Kier molecular flexibility index (Phi) is 9.22. The number of aromatic nitrogens is 4. The highest BCUT2D eigenvalue weighted by Gasteiger charge is 2.31. The van der Waals surface area contributed by atoms with E-state index in [1.54, 1.807) is 10.7 Å². The van der Waals surface area contributed by atoms with Crippen LogP contribution in [-0.2, 0) is 25.4 Å². The molecule has 0 saturated carbocycles. The highest BCUT2D eigenvalue weighted by Crippen LogP contribution is 2.31. The van der Waals surface area contributed by atoms with E-state index in [-0.39, 0.29) is 23.8 Å². The van der Waals surface area contributed by atoms with Crippen LogP contribution in [0.4, 0.5) is 24.7 Å². The summed E-state index contributed by atoms with van der Waals surface area (Å²) in [7, 11) is 0. The first-order chi connectivity index (χ1) is 19.4. The molecule has 0 amide bonds. The number of hydrogen-bond acceptors (Lipinski definition) is 6. The van der Waals surface area contributed by atoms with Crippen molar-refractivity contribution in [2.45, 2.75) is 66.1 Å². The van der Waals surface area contributed by atoms with Crippen molar-refractivity contribution in [2.75, 3.05) is 11.9 Å². The van der Waals surface area contributed by atoms with E-state index < -0.39 is 11.7 Å². The lowest BCUT2D eigenvalue weighted by atomic mass is 9.96. The van der Waals surface area contributed by atoms with Crippen molar-refractivity contribution >= 4 is 17.3 Å². The number of benzene rings is 2. The van der Waals surface area contributed by atoms with Crippen molar-refractivity contribution in [3.8, 4) is 5.82 Å². The van der Waals surface area contributed by atoms with Gasteiger partial charge >= 0.3 is 6.18 Å². The maximum atomic E-state index is 13.6. The molecule has 2 N–H and O–H groups in total. The van der Waals surface area contributed by atoms with Gasteiger partial charge in [0, 0.05) is 41.5 Å². The maximum Gasteiger partial charge on any atom is 0.416 e. The fraction of sp³-hybridized carbons (Fsp3) is 0.355. The molecule has 216 valence electrons. The zero-order valence-corrected chi connectivity index (χ0v) is 23.9. The van der Waals surface area contributed by atoms with Crippen molar-refractivity contribution in [1.82, 2.24) is 25.1 Å². The van der Waals surface area contributed by atoms with Crippen LogP contribution in [0.1, 0.15) is 64.8 Å². The van der Waals surface area contributed by atoms with E-state index in [0.29, 0.717) is 35.7 Å². The van der Waals surface area contributed by atoms with E-state index in [0.717, 1.165) is 41.2 Å². The lowest BCUT2D eigenvalue weighted by Gasteiger charge is -2.14. The first kappa shape index (κ1) is 29.9. The Morgan fingerprint density at radius 2 is 1.78 bits per heavy atom. The third kappa shape index (κ3) is 7.79. The summed E-state index contributed by atoms with van der Waals surface area (Å²) in [5.74, 6) is 0.936. The molecule has 0 atom stereocenters. The Hall–Kier alpha value is -4.05. The lowest BCUT2D eigenvalue weighted by molar-refractivity contribution is -0.137. The third-order valence-corrected chi connectivity index (χ3v) is 6.66. The molecule has 0 saturated heterocycles. The molecule has 7 nitrogen and oxygen atoms in total. The quantitative estimate of drug-likeness (QED) is 0.201. The molecule has 0 radical (unpaired) electrons. The van der Waals surface area contributed by atoms with Crippen LogP contribution in [0.25, 0.3) is 5.82 Å². The predicted octanol–water partition coefficient (Wildman–Crippen LogP) is 6.57. The van der Waals surface area contributed by atoms with Gasteiger partial charge in [-0.3, -0.25) is 4.79 Å². The van der Waals surface area contributed by atoms with Gasteiger partial charge < -0.3 is 10.6 Å². The fourth-order valence-electron chi connectivity index (χ4n) is 4.46. The van der Waals surface area contributed by atoms with Gasteiger partial charge in [-0.05, 0) is 74.2 Å². The summed E-state index contributed by atoms with van der Waals surface area (Å²) in [4.78, 5) is 21.9. The maximum absolute atomic E-state index is 13.6. The largest absolute Gasteiger partial charge is 0.416 e. The first-order valence-electron chi connectivity index (χ1n) is 13.6. The molecule has 41 heavy (non-hydrogen) atoms. The number of hydrogen-bond donors (Lipinski definition) is 2. The monoisotopic (exact) mass is 564 g/mol. The van der Waals surface area contributed by atoms with Crippen LogP contribution >= 0.6 is 0 Å². The molecule has 0 aliphatic heterocycles. The third-order valence-electron chi connectivity index (χ3n) is 6.66. The predicted molar refractivity (Wildman–Crippen MR) is 154 cm³/mol. The summed E-state index contributed by atoms with van der Waals surface area (Å²) in [6.07, 6.45) is -1.92. The van der Waals surface area contributed by atoms with E-state index in [9.17, 15) is 18.0 Å². The van der Waals surface area contributed by atoms with E-state index in [1.165, 1.54) is 6.33 Å². The standard InChI is InChI=1S/C31H35F3N6O/c1-6-26-17-29(37-18-36-26)40-30(11-21(5)39-40)38-27-14-22(8-7-20(27)4)15-28(41)24-12-23(9-10-35-19(2)3)13-25(16-24)31(32,33)34/h7-8,11-14,16-19,35,38H,6,9-10,15H2,1-5H3. The van der Waals surface area contributed by atoms with Crippen LogP contribution in [0.5, 0.6) is 0 Å². The Morgan fingerprint density at radius 3 is 2.49 bits per heavy atom. The number of aryl methyl sites for hydroxylation is 3. The second kappa shape index (κ2) is 12.6. The number of Topliss-reactive ketones (excluding diaryl/α,β-unsaturated/α-hetero) is 1. The summed E-state index contributed by atoms with van der Waals surface area (Å²) >= 11 is 0. The topological polar surface area (TPSA) is 84.7 Å². The normalized spacial score (nSPS) is 11.7. The van der Waals surface area contributed by atoms with Crippen molar-refractivity contribution < 1.29 is 18.0 Å². The molecule has 0 fully saturated rings. The average Bonchev–Trinajstić information content (AvgIpc) is 3.29. The van der Waals surface area contributed by atoms with Gasteiger partial charge in [0.25, 0.3) is 0 Å². The smallest absolute Gasteiger partial charge is 0.340 e. The number of carbonyl (C=O) groups is 1. The zero-order valence-electron chi connectivity index (χ0n) is 23.9. The van der Waals surface area contributed by atoms with E-state index in [4.69, 9.17) is 0 Å². The van der Waals surface area contributed by atoms with E-state index >= 15 is 0 Å². The molecular weight excluding hydrogens is 529 g/mol. The van der Waals surface area contributed by atoms with Crippen molar-refractivity contribution in [3.63, 3.8) is 0 Å². The SMILES string of the molecule is CCc1cc(-n2nc(C)cc2Nc2cc(CC(=O)c3cc(CCNC(C)C)cc(C(F)(F)F)c3)ccc2C)ncn1. The van der Waals surface area contributed by atoms with Gasteiger partial charge in [0.05, 0.1) is 11.3 Å². The number of halogens is 3. The Bertz CT molecular complexity index is 1530. The summed E-state index contributed by atoms with van der Waals surface area (Å²) in [6.45, 7) is 10.3. The molecular formula is C31H35F3N6O. The Labute approximate surface area is 238 Å². The molecule has 4 rings (SSSR count). The Morgan fingerprint density at radius 1 is 1.00 bits per heavy atom. The van der Waals surface area contributed by atoms with Crippen LogP contribution in [0.2, 0.25) is 0 Å². The molecule has 0 bridgehead atoms. The van der Waals surface area contributed by atoms with Crippen LogP contribution < -0.4 is 10.6 Å². The highest BCUT2D eigenvalue weighted by atomic mass is 19.4. The first-order valence-corrected chi connectivity index (χ1v) is 13.6. The molecule has 10 heteroatoms. The van der Waals surface area contributed by atoms with E-state index in [1.807, 2.05) is 65.0 Å². The minimum atomic E-state index is -4.54. The van der Waals surface area contributed by atoms with Gasteiger partial charge in [-0.1, -0.05) is 32.9 Å². The lowest BCUT2D eigenvalue weighted by Crippen LogP contribution is -2.25. The van der Waals surface area contributed by atoms with Gasteiger partial charge in [-0.25, -0.2) is 9.97 Å². The Balaban J connectivity index is 1.58. The molecule has 4 aromatic rings. The van der Waals surface area contributed by atoms with Gasteiger partial charge in [0.2, 0.25) is 0 Å². The number of nitrogens with one attached hydrogen (secondary N) is 2. The van der Waals surface area contributed by atoms with Crippen molar-refractivity contribution in [3.05, 3.63) is 94.1 Å². The minimum absolute atomic E-state index is 0.0377. The van der Waals surface area contributed by atoms with Gasteiger partial charge in [0.15, 0.2) is 11.6 Å². The van der Waals surface area contributed by atoms with Gasteiger partial charge in [-0.2, -0.15) is 23.0 Å². The molecule has 2 heterocycles. The van der Waals surface area contributed by atoms with Crippen molar-refractivity contribution in [2.24, 2.45) is 0 Å².